The molecule has 0 spiro atoms. The molecule has 0 fully saturated rings. The summed E-state index contributed by atoms with van der Waals surface area (Å²) in [5.74, 6) is 0. The van der Waals surface area contributed by atoms with E-state index < -0.39 is 0 Å². The Kier molecular flexibility index (Phi) is 5.05. The van der Waals surface area contributed by atoms with Crippen LogP contribution in [0.1, 0.15) is 0 Å². The van der Waals surface area contributed by atoms with Crippen molar-refractivity contribution in [2.24, 2.45) is 0 Å². The van der Waals surface area contributed by atoms with Crippen molar-refractivity contribution in [1.82, 2.24) is 9.88 Å². The number of hydrogen-bond acceptors (Lipinski definition) is 2. The van der Waals surface area contributed by atoms with Gasteiger partial charge in [-0.15, -0.1) is 0 Å². The van der Waals surface area contributed by atoms with Crippen LogP contribution in [-0.4, -0.2) is 53.6 Å². The van der Waals surface area contributed by atoms with Crippen molar-refractivity contribution in [1.29, 1.82) is 0 Å². The van der Waals surface area contributed by atoms with E-state index in [9.17, 15) is 0 Å². The van der Waals surface area contributed by atoms with Gasteiger partial charge in [-0.05, 0) is 21.1 Å². The van der Waals surface area contributed by atoms with Crippen LogP contribution in [0.5, 0.6) is 0 Å². The van der Waals surface area contributed by atoms with E-state index in [1.54, 1.807) is 0 Å². The van der Waals surface area contributed by atoms with Gasteiger partial charge in [0.05, 0.1) is 0 Å². The van der Waals surface area contributed by atoms with Crippen molar-refractivity contribution < 1.29 is 0 Å². The first-order chi connectivity index (χ1) is 7.11. The predicted octanol–water partition coefficient (Wildman–Crippen LogP) is 1.21. The monoisotopic (exact) mass is 307 g/mol. The number of aromatic nitrogens is 1. The summed E-state index contributed by atoms with van der Waals surface area (Å²) in [5.41, 5.74) is 0. The molecule has 3 heteroatoms. The fraction of sp³-hybridized carbons (Fsp3) is 0.250. The third kappa shape index (κ3) is 4.18. The fourth-order valence-corrected chi connectivity index (χ4v) is 1.98. The van der Waals surface area contributed by atoms with Gasteiger partial charge in [-0.2, -0.15) is 0 Å². The summed E-state index contributed by atoms with van der Waals surface area (Å²) in [6.07, 6.45) is 3.84. The van der Waals surface area contributed by atoms with Gasteiger partial charge in [0, 0.05) is 0 Å². The van der Waals surface area contributed by atoms with Gasteiger partial charge in [0.1, 0.15) is 0 Å². The standard InChI is InChI=1S/C9H6N.C3H9N.Sn/c1-2-4-9-7-10-6-5-8(9)3-1;1-4(2)3;/h1-4,6-7H;1-3H3;. The Morgan fingerprint density at radius 1 is 1.07 bits per heavy atom. The van der Waals surface area contributed by atoms with Gasteiger partial charge in [-0.1, -0.05) is 0 Å². The van der Waals surface area contributed by atoms with Crippen molar-refractivity contribution >= 4 is 36.9 Å². The molecular formula is C12H15N2Sn. The maximum atomic E-state index is 4.13. The van der Waals surface area contributed by atoms with Gasteiger partial charge >= 0.3 is 78.5 Å². The Balaban J connectivity index is 0.000000245. The van der Waals surface area contributed by atoms with Crippen molar-refractivity contribution in [3.8, 4) is 0 Å². The van der Waals surface area contributed by atoms with E-state index in [1.807, 2.05) is 44.5 Å². The number of pyridine rings is 1. The quantitative estimate of drug-likeness (QED) is 0.680. The van der Waals surface area contributed by atoms with Gasteiger partial charge < -0.3 is 4.90 Å². The summed E-state index contributed by atoms with van der Waals surface area (Å²) in [6, 6.07) is 8.34. The van der Waals surface area contributed by atoms with E-state index in [0.29, 0.717) is 0 Å². The summed E-state index contributed by atoms with van der Waals surface area (Å²) in [5, 5.41) is 2.57. The molecule has 0 unspecified atom stereocenters. The van der Waals surface area contributed by atoms with Gasteiger partial charge in [-0.25, -0.2) is 0 Å². The fourth-order valence-electron chi connectivity index (χ4n) is 1.12. The van der Waals surface area contributed by atoms with Gasteiger partial charge in [-0.3, -0.25) is 0 Å². The van der Waals surface area contributed by atoms with Crippen LogP contribution in [0.25, 0.3) is 10.8 Å². The SMILES string of the molecule is CN(C)C.[Sn][c]1cncc2ccccc12. The van der Waals surface area contributed by atoms with E-state index in [2.05, 4.69) is 23.2 Å². The molecular weight excluding hydrogens is 291 g/mol. The second-order valence-electron chi connectivity index (χ2n) is 3.75. The number of benzene rings is 1. The molecule has 3 radical (unpaired) electrons. The van der Waals surface area contributed by atoms with Crippen molar-refractivity contribution in [2.45, 2.75) is 0 Å². The third-order valence-electron chi connectivity index (χ3n) is 1.67. The van der Waals surface area contributed by atoms with E-state index in [0.717, 1.165) is 0 Å². The molecule has 2 aromatic rings. The topological polar surface area (TPSA) is 16.1 Å². The molecule has 1 aromatic heterocycles. The first-order valence-corrected chi connectivity index (χ1v) is 6.19. The van der Waals surface area contributed by atoms with Gasteiger partial charge in [0.15, 0.2) is 0 Å². The van der Waals surface area contributed by atoms with E-state index in [1.165, 1.54) is 36.9 Å². The van der Waals surface area contributed by atoms with Crippen LogP contribution in [-0.2, 0) is 0 Å². The summed E-state index contributed by atoms with van der Waals surface area (Å²) in [6.45, 7) is 0. The molecule has 15 heavy (non-hydrogen) atoms. The van der Waals surface area contributed by atoms with Crippen LogP contribution in [0.4, 0.5) is 0 Å². The zero-order chi connectivity index (χ0) is 11.3. The molecule has 1 aromatic carbocycles. The van der Waals surface area contributed by atoms with Crippen molar-refractivity contribution in [3.63, 3.8) is 0 Å². The van der Waals surface area contributed by atoms with Crippen LogP contribution in [0, 0.1) is 0 Å². The number of fused-ring (bicyclic) bond motifs is 1. The Hall–Kier alpha value is -0.611. The van der Waals surface area contributed by atoms with E-state index in [4.69, 9.17) is 0 Å². The Morgan fingerprint density at radius 3 is 2.27 bits per heavy atom. The first-order valence-electron chi connectivity index (χ1n) is 4.76. The molecule has 0 N–H and O–H groups in total. The summed E-state index contributed by atoms with van der Waals surface area (Å²) < 4.78 is 1.33. The molecule has 0 saturated carbocycles. The second-order valence-corrected chi connectivity index (χ2v) is 5.29. The van der Waals surface area contributed by atoms with E-state index >= 15 is 0 Å². The molecule has 0 bridgehead atoms. The van der Waals surface area contributed by atoms with Crippen LogP contribution in [0.15, 0.2) is 36.7 Å². The molecule has 0 aliphatic carbocycles. The Morgan fingerprint density at radius 2 is 1.67 bits per heavy atom. The van der Waals surface area contributed by atoms with E-state index in [-0.39, 0.29) is 0 Å². The summed E-state index contributed by atoms with van der Waals surface area (Å²) >= 11 is 1.43. The molecule has 0 aliphatic rings. The van der Waals surface area contributed by atoms with Crippen molar-refractivity contribution in [2.75, 3.05) is 21.1 Å². The molecule has 2 rings (SSSR count). The summed E-state index contributed by atoms with van der Waals surface area (Å²) in [7, 11) is 6.00. The number of nitrogens with zero attached hydrogens (tertiary/aromatic N) is 2. The molecule has 0 atom stereocenters. The van der Waals surface area contributed by atoms with Gasteiger partial charge in [0.25, 0.3) is 0 Å². The zero-order valence-electron chi connectivity index (χ0n) is 9.36. The van der Waals surface area contributed by atoms with Crippen LogP contribution in [0.3, 0.4) is 0 Å². The molecule has 2 nitrogen and oxygen atoms in total. The molecule has 0 amide bonds. The van der Waals surface area contributed by atoms with Crippen LogP contribution < -0.4 is 3.58 Å². The second kappa shape index (κ2) is 6.08. The Bertz CT molecular complexity index is 419. The zero-order valence-corrected chi connectivity index (χ0v) is 12.2. The minimum absolute atomic E-state index is 1.24. The molecule has 77 valence electrons. The predicted molar refractivity (Wildman–Crippen MR) is 66.7 cm³/mol. The van der Waals surface area contributed by atoms with Crippen LogP contribution >= 0.6 is 0 Å². The molecule has 0 saturated heterocycles. The first kappa shape index (κ1) is 12.5. The average molecular weight is 306 g/mol. The van der Waals surface area contributed by atoms with Crippen molar-refractivity contribution in [3.05, 3.63) is 36.7 Å². The number of rotatable bonds is 0. The summed E-state index contributed by atoms with van der Waals surface area (Å²) in [4.78, 5) is 6.13. The van der Waals surface area contributed by atoms with Gasteiger partial charge in [0.2, 0.25) is 0 Å². The normalized spacial score (nSPS) is 9.93. The average Bonchev–Trinajstić information content (AvgIpc) is 2.18. The third-order valence-corrected chi connectivity index (χ3v) is 2.81. The minimum atomic E-state index is 1.24. The molecule has 0 aliphatic heterocycles. The molecule has 1 heterocycles. The Labute approximate surface area is 104 Å². The number of hydrogen-bond donors (Lipinski definition) is 0. The van der Waals surface area contributed by atoms with Crippen LogP contribution in [0.2, 0.25) is 0 Å². The maximum absolute atomic E-state index is 4.13.